The van der Waals surface area contributed by atoms with Crippen molar-refractivity contribution in [3.05, 3.63) is 0 Å². The lowest BCUT2D eigenvalue weighted by Gasteiger charge is -2.29. The number of carboxylic acid groups (broad SMARTS) is 2. The van der Waals surface area contributed by atoms with Gasteiger partial charge in [-0.05, 0) is 25.7 Å². The first-order chi connectivity index (χ1) is 12.0. The number of hydrogen-bond donors (Lipinski definition) is 2. The Morgan fingerprint density at radius 1 is 0.760 bits per heavy atom. The van der Waals surface area contributed by atoms with Gasteiger partial charge in [0.25, 0.3) is 0 Å². The summed E-state index contributed by atoms with van der Waals surface area (Å²) in [4.78, 5) is 34.5. The zero-order valence-corrected chi connectivity index (χ0v) is 15.2. The predicted molar refractivity (Wildman–Crippen MR) is 93.2 cm³/mol. The maximum absolute atomic E-state index is 12.1. The number of aliphatic carboxylic acids is 2. The quantitative estimate of drug-likeness (QED) is 0.406. The first-order valence-electron chi connectivity index (χ1n) is 9.58. The lowest BCUT2D eigenvalue weighted by atomic mass is 9.75. The Kier molecular flexibility index (Phi) is 10.2. The summed E-state index contributed by atoms with van der Waals surface area (Å²) in [5.41, 5.74) is 0. The molecule has 0 saturated heterocycles. The molecule has 0 spiro atoms. The lowest BCUT2D eigenvalue weighted by molar-refractivity contribution is -0.156. The van der Waals surface area contributed by atoms with Crippen molar-refractivity contribution in [3.63, 3.8) is 0 Å². The van der Waals surface area contributed by atoms with Crippen molar-refractivity contribution in [1.29, 1.82) is 0 Å². The lowest BCUT2D eigenvalue weighted by Crippen LogP contribution is -2.35. The molecule has 6 nitrogen and oxygen atoms in total. The minimum Gasteiger partial charge on any atom is -0.481 e. The Bertz CT molecular complexity index is 412. The average molecular weight is 356 g/mol. The van der Waals surface area contributed by atoms with E-state index >= 15 is 0 Å². The molecule has 1 fully saturated rings. The number of hydrogen-bond acceptors (Lipinski definition) is 4. The van der Waals surface area contributed by atoms with Gasteiger partial charge in [0.05, 0.1) is 24.4 Å². The van der Waals surface area contributed by atoms with E-state index in [9.17, 15) is 14.4 Å². The fourth-order valence-corrected chi connectivity index (χ4v) is 3.44. The minimum atomic E-state index is -1.04. The van der Waals surface area contributed by atoms with Crippen LogP contribution in [0.3, 0.4) is 0 Å². The first-order valence-corrected chi connectivity index (χ1v) is 9.58. The van der Waals surface area contributed by atoms with Crippen molar-refractivity contribution in [2.75, 3.05) is 6.61 Å². The highest BCUT2D eigenvalue weighted by Gasteiger charge is 2.39. The van der Waals surface area contributed by atoms with E-state index in [1.54, 1.807) is 0 Å². The van der Waals surface area contributed by atoms with E-state index in [0.29, 0.717) is 6.61 Å². The molecule has 144 valence electrons. The van der Waals surface area contributed by atoms with Gasteiger partial charge in [0.1, 0.15) is 0 Å². The smallest absolute Gasteiger partial charge is 0.308 e. The van der Waals surface area contributed by atoms with Gasteiger partial charge < -0.3 is 14.9 Å². The third kappa shape index (κ3) is 8.36. The van der Waals surface area contributed by atoms with Gasteiger partial charge in [0.2, 0.25) is 0 Å². The molecule has 2 atom stereocenters. The molecule has 1 rings (SSSR count). The summed E-state index contributed by atoms with van der Waals surface area (Å²) in [5.74, 6) is -4.70. The van der Waals surface area contributed by atoms with Crippen molar-refractivity contribution >= 4 is 17.9 Å². The largest absolute Gasteiger partial charge is 0.481 e. The molecule has 1 aliphatic rings. The van der Waals surface area contributed by atoms with Gasteiger partial charge in [0, 0.05) is 0 Å². The molecule has 0 aromatic rings. The van der Waals surface area contributed by atoms with Gasteiger partial charge in [-0.1, -0.05) is 51.9 Å². The van der Waals surface area contributed by atoms with Crippen LogP contribution in [0.5, 0.6) is 0 Å². The molecule has 0 bridgehead atoms. The van der Waals surface area contributed by atoms with Crippen molar-refractivity contribution in [2.45, 2.75) is 77.6 Å². The maximum Gasteiger partial charge on any atom is 0.308 e. The highest BCUT2D eigenvalue weighted by molar-refractivity contribution is 5.79. The zero-order chi connectivity index (χ0) is 18.7. The topological polar surface area (TPSA) is 101 Å². The van der Waals surface area contributed by atoms with Gasteiger partial charge in [0.15, 0.2) is 0 Å². The zero-order valence-electron chi connectivity index (χ0n) is 15.2. The molecular formula is C19H32O6. The first kappa shape index (κ1) is 21.5. The summed E-state index contributed by atoms with van der Waals surface area (Å²) in [6.45, 7) is 2.53. The molecule has 25 heavy (non-hydrogen) atoms. The molecule has 1 saturated carbocycles. The van der Waals surface area contributed by atoms with Gasteiger partial charge in [-0.2, -0.15) is 0 Å². The molecular weight excluding hydrogens is 324 g/mol. The van der Waals surface area contributed by atoms with Crippen LogP contribution in [-0.2, 0) is 19.1 Å². The molecule has 0 heterocycles. The second kappa shape index (κ2) is 11.9. The Balaban J connectivity index is 2.24. The van der Waals surface area contributed by atoms with Crippen LogP contribution in [0.15, 0.2) is 0 Å². The van der Waals surface area contributed by atoms with E-state index in [0.717, 1.165) is 19.3 Å². The Morgan fingerprint density at radius 3 is 1.68 bits per heavy atom. The van der Waals surface area contributed by atoms with Crippen LogP contribution in [0.4, 0.5) is 0 Å². The molecule has 2 N–H and O–H groups in total. The molecule has 2 unspecified atom stereocenters. The summed E-state index contributed by atoms with van der Waals surface area (Å²) in [7, 11) is 0. The van der Waals surface area contributed by atoms with Gasteiger partial charge >= 0.3 is 17.9 Å². The van der Waals surface area contributed by atoms with Crippen molar-refractivity contribution in [3.8, 4) is 0 Å². The number of esters is 1. The van der Waals surface area contributed by atoms with E-state index < -0.39 is 35.7 Å². The number of carbonyl (C=O) groups is 3. The number of unbranched alkanes of at least 4 members (excludes halogenated alkanes) is 7. The van der Waals surface area contributed by atoms with E-state index in [-0.39, 0.29) is 19.3 Å². The standard InChI is InChI=1S/C19H32O6/c1-2-3-4-5-6-7-8-9-10-25-19(24)16-12-14(17(20)21)11-15(13-16)18(22)23/h14-16H,2-13H2,1H3,(H,20,21)(H,22,23). The summed E-state index contributed by atoms with van der Waals surface area (Å²) < 4.78 is 5.26. The van der Waals surface area contributed by atoms with Crippen LogP contribution < -0.4 is 0 Å². The van der Waals surface area contributed by atoms with Crippen LogP contribution in [0.1, 0.15) is 77.6 Å². The number of carboxylic acids is 2. The van der Waals surface area contributed by atoms with Crippen molar-refractivity contribution in [2.24, 2.45) is 17.8 Å². The number of carbonyl (C=O) groups excluding carboxylic acids is 1. The average Bonchev–Trinajstić information content (AvgIpc) is 2.59. The van der Waals surface area contributed by atoms with E-state index in [2.05, 4.69) is 6.92 Å². The fourth-order valence-electron chi connectivity index (χ4n) is 3.44. The number of ether oxygens (including phenoxy) is 1. The monoisotopic (exact) mass is 356 g/mol. The minimum absolute atomic E-state index is 0.0898. The van der Waals surface area contributed by atoms with Gasteiger partial charge in [-0.25, -0.2) is 0 Å². The van der Waals surface area contributed by atoms with Crippen LogP contribution in [-0.4, -0.2) is 34.7 Å². The third-order valence-corrected chi connectivity index (χ3v) is 4.98. The second-order valence-electron chi connectivity index (χ2n) is 7.12. The Morgan fingerprint density at radius 2 is 1.20 bits per heavy atom. The van der Waals surface area contributed by atoms with Crippen LogP contribution in [0.2, 0.25) is 0 Å². The van der Waals surface area contributed by atoms with Crippen LogP contribution >= 0.6 is 0 Å². The van der Waals surface area contributed by atoms with Crippen molar-refractivity contribution in [1.82, 2.24) is 0 Å². The molecule has 0 radical (unpaired) electrons. The fraction of sp³-hybridized carbons (Fsp3) is 0.842. The van der Waals surface area contributed by atoms with Gasteiger partial charge in [-0.3, -0.25) is 14.4 Å². The highest BCUT2D eigenvalue weighted by atomic mass is 16.5. The third-order valence-electron chi connectivity index (χ3n) is 4.98. The molecule has 6 heteroatoms. The predicted octanol–water partition coefficient (Wildman–Crippen LogP) is 3.87. The summed E-state index contributed by atoms with van der Waals surface area (Å²) in [6.07, 6.45) is 9.65. The molecule has 0 aromatic heterocycles. The van der Waals surface area contributed by atoms with Crippen LogP contribution in [0, 0.1) is 17.8 Å². The maximum atomic E-state index is 12.1. The molecule has 0 aromatic carbocycles. The summed E-state index contributed by atoms with van der Waals surface area (Å²) >= 11 is 0. The van der Waals surface area contributed by atoms with Crippen molar-refractivity contribution < 1.29 is 29.3 Å². The van der Waals surface area contributed by atoms with E-state index in [1.807, 2.05) is 0 Å². The normalized spacial score (nSPS) is 23.2. The Hall–Kier alpha value is -1.59. The van der Waals surface area contributed by atoms with E-state index in [1.165, 1.54) is 32.1 Å². The second-order valence-corrected chi connectivity index (χ2v) is 7.12. The molecule has 0 amide bonds. The SMILES string of the molecule is CCCCCCCCCCOC(=O)C1CC(C(=O)O)CC(C(=O)O)C1. The van der Waals surface area contributed by atoms with E-state index in [4.69, 9.17) is 14.9 Å². The summed E-state index contributed by atoms with van der Waals surface area (Å²) in [5, 5.41) is 18.3. The van der Waals surface area contributed by atoms with Gasteiger partial charge in [-0.15, -0.1) is 0 Å². The number of rotatable bonds is 12. The molecule has 1 aliphatic carbocycles. The summed E-state index contributed by atoms with van der Waals surface area (Å²) in [6, 6.07) is 0. The molecule has 0 aliphatic heterocycles. The van der Waals surface area contributed by atoms with Crippen LogP contribution in [0.25, 0.3) is 0 Å². The highest BCUT2D eigenvalue weighted by Crippen LogP contribution is 2.34. The Labute approximate surface area is 149 Å².